The molecular formula is C13H5Cl5N4. The van der Waals surface area contributed by atoms with Crippen LogP contribution in [0.2, 0.25) is 25.6 Å². The minimum Gasteiger partial charge on any atom is -0.264 e. The Labute approximate surface area is 150 Å². The van der Waals surface area contributed by atoms with Crippen molar-refractivity contribution in [1.29, 1.82) is 0 Å². The average Bonchev–Trinajstić information content (AvgIpc) is 2.75. The second-order valence-electron chi connectivity index (χ2n) is 4.18. The molecule has 9 heteroatoms. The van der Waals surface area contributed by atoms with Gasteiger partial charge in [-0.3, -0.25) is 4.57 Å². The zero-order valence-electron chi connectivity index (χ0n) is 10.6. The fourth-order valence-electron chi connectivity index (χ4n) is 1.90. The summed E-state index contributed by atoms with van der Waals surface area (Å²) in [7, 11) is 0. The summed E-state index contributed by atoms with van der Waals surface area (Å²) >= 11 is 30.2. The third kappa shape index (κ3) is 2.90. The lowest BCUT2D eigenvalue weighted by Gasteiger charge is -2.10. The van der Waals surface area contributed by atoms with Crippen molar-refractivity contribution < 1.29 is 0 Å². The lowest BCUT2D eigenvalue weighted by Crippen LogP contribution is -2.01. The van der Waals surface area contributed by atoms with Gasteiger partial charge in [0.25, 0.3) is 0 Å². The maximum absolute atomic E-state index is 6.20. The van der Waals surface area contributed by atoms with Gasteiger partial charge in [-0.1, -0.05) is 46.4 Å². The first-order valence-corrected chi connectivity index (χ1v) is 7.73. The molecule has 0 N–H and O–H groups in total. The Kier molecular flexibility index (Phi) is 4.48. The molecule has 0 aromatic carbocycles. The summed E-state index contributed by atoms with van der Waals surface area (Å²) in [6.07, 6.45) is 3.01. The number of aromatic nitrogens is 4. The van der Waals surface area contributed by atoms with Crippen LogP contribution >= 0.6 is 58.0 Å². The van der Waals surface area contributed by atoms with Crippen LogP contribution in [-0.2, 0) is 0 Å². The molecule has 0 atom stereocenters. The molecule has 0 aliphatic heterocycles. The lowest BCUT2D eigenvalue weighted by atomic mass is 10.2. The molecule has 112 valence electrons. The lowest BCUT2D eigenvalue weighted by molar-refractivity contribution is 0.999. The Morgan fingerprint density at radius 2 is 1.68 bits per heavy atom. The normalized spacial score (nSPS) is 11.0. The van der Waals surface area contributed by atoms with E-state index in [2.05, 4.69) is 15.0 Å². The molecule has 22 heavy (non-hydrogen) atoms. The highest BCUT2D eigenvalue weighted by molar-refractivity contribution is 6.36. The first-order chi connectivity index (χ1) is 10.5. The van der Waals surface area contributed by atoms with Crippen molar-refractivity contribution in [3.8, 4) is 17.1 Å². The van der Waals surface area contributed by atoms with Crippen molar-refractivity contribution in [1.82, 2.24) is 19.5 Å². The molecule has 0 radical (unpaired) electrons. The van der Waals surface area contributed by atoms with Gasteiger partial charge in [-0.05, 0) is 29.8 Å². The van der Waals surface area contributed by atoms with Gasteiger partial charge in [-0.15, -0.1) is 0 Å². The fraction of sp³-hybridized carbons (Fsp3) is 0. The van der Waals surface area contributed by atoms with Crippen molar-refractivity contribution in [2.24, 2.45) is 0 Å². The van der Waals surface area contributed by atoms with E-state index in [1.165, 1.54) is 10.8 Å². The summed E-state index contributed by atoms with van der Waals surface area (Å²) in [5.74, 6) is 0.361. The smallest absolute Gasteiger partial charge is 0.210 e. The molecule has 3 aromatic rings. The Morgan fingerprint density at radius 3 is 2.32 bits per heavy atom. The average molecular weight is 394 g/mol. The third-order valence-electron chi connectivity index (χ3n) is 2.79. The Bertz CT molecular complexity index is 844. The van der Waals surface area contributed by atoms with E-state index in [1.54, 1.807) is 24.4 Å². The number of halogens is 5. The molecule has 3 aromatic heterocycles. The van der Waals surface area contributed by atoms with E-state index >= 15 is 0 Å². The maximum Gasteiger partial charge on any atom is 0.210 e. The minimum absolute atomic E-state index is 0.117. The van der Waals surface area contributed by atoms with E-state index < -0.39 is 0 Å². The Balaban J connectivity index is 2.26. The minimum atomic E-state index is 0.117. The van der Waals surface area contributed by atoms with Gasteiger partial charge in [0.15, 0.2) is 11.0 Å². The molecule has 3 rings (SSSR count). The molecular weight excluding hydrogens is 389 g/mol. The molecule has 0 saturated carbocycles. The standard InChI is InChI=1S/C13H5Cl5N4/c14-7-3-8(15)12(20-5-7)22-10(11(17)21-13(22)18)6-1-2-9(16)19-4-6/h1-5H. The van der Waals surface area contributed by atoms with Crippen LogP contribution < -0.4 is 0 Å². The number of pyridine rings is 2. The molecule has 0 spiro atoms. The van der Waals surface area contributed by atoms with Gasteiger partial charge in [-0.25, -0.2) is 15.0 Å². The van der Waals surface area contributed by atoms with Gasteiger partial charge >= 0.3 is 0 Å². The molecule has 3 heterocycles. The van der Waals surface area contributed by atoms with Crippen LogP contribution in [0, 0.1) is 0 Å². The van der Waals surface area contributed by atoms with Crippen molar-refractivity contribution in [3.63, 3.8) is 0 Å². The topological polar surface area (TPSA) is 43.6 Å². The van der Waals surface area contributed by atoms with Gasteiger partial charge in [0.05, 0.1) is 15.7 Å². The highest BCUT2D eigenvalue weighted by Crippen LogP contribution is 2.35. The zero-order chi connectivity index (χ0) is 15.9. The SMILES string of the molecule is Clc1cnc(-n2c(Cl)nc(Cl)c2-c2ccc(Cl)nc2)c(Cl)c1. The van der Waals surface area contributed by atoms with E-state index in [1.807, 2.05) is 0 Å². The molecule has 0 amide bonds. The number of imidazole rings is 1. The van der Waals surface area contributed by atoms with E-state index in [9.17, 15) is 0 Å². The molecule has 4 nitrogen and oxygen atoms in total. The highest BCUT2D eigenvalue weighted by atomic mass is 35.5. The second kappa shape index (κ2) is 6.22. The number of rotatable bonds is 2. The predicted molar refractivity (Wildman–Crippen MR) is 89.6 cm³/mol. The van der Waals surface area contributed by atoms with E-state index in [-0.39, 0.29) is 10.4 Å². The van der Waals surface area contributed by atoms with Crippen molar-refractivity contribution in [2.45, 2.75) is 0 Å². The first-order valence-electron chi connectivity index (χ1n) is 5.84. The third-order valence-corrected chi connectivity index (χ3v) is 4.02. The van der Waals surface area contributed by atoms with E-state index in [0.29, 0.717) is 32.3 Å². The van der Waals surface area contributed by atoms with Crippen LogP contribution in [0.1, 0.15) is 0 Å². The van der Waals surface area contributed by atoms with Gasteiger partial charge in [-0.2, -0.15) is 0 Å². The van der Waals surface area contributed by atoms with Gasteiger partial charge in [0.1, 0.15) is 5.15 Å². The first kappa shape index (κ1) is 15.8. The predicted octanol–water partition coefficient (Wildman–Crippen LogP) is 5.60. The van der Waals surface area contributed by atoms with Gasteiger partial charge in [0.2, 0.25) is 5.28 Å². The van der Waals surface area contributed by atoms with Crippen LogP contribution in [0.5, 0.6) is 0 Å². The van der Waals surface area contributed by atoms with Crippen LogP contribution in [0.25, 0.3) is 17.1 Å². The molecule has 0 fully saturated rings. The van der Waals surface area contributed by atoms with Crippen LogP contribution in [-0.4, -0.2) is 19.5 Å². The summed E-state index contributed by atoms with van der Waals surface area (Å²) in [6, 6.07) is 4.93. The largest absolute Gasteiger partial charge is 0.264 e. The van der Waals surface area contributed by atoms with Gasteiger partial charge < -0.3 is 0 Å². The van der Waals surface area contributed by atoms with Crippen LogP contribution in [0.15, 0.2) is 30.6 Å². The molecule has 0 bridgehead atoms. The van der Waals surface area contributed by atoms with Crippen molar-refractivity contribution >= 4 is 58.0 Å². The highest BCUT2D eigenvalue weighted by Gasteiger charge is 2.20. The van der Waals surface area contributed by atoms with Crippen LogP contribution in [0.3, 0.4) is 0 Å². The van der Waals surface area contributed by atoms with E-state index in [4.69, 9.17) is 58.0 Å². The van der Waals surface area contributed by atoms with Gasteiger partial charge in [0, 0.05) is 18.0 Å². The zero-order valence-corrected chi connectivity index (χ0v) is 14.3. The number of hydrogen-bond acceptors (Lipinski definition) is 3. The summed E-state index contributed by atoms with van der Waals surface area (Å²) in [4.78, 5) is 12.3. The molecule has 0 unspecified atom stereocenters. The molecule has 0 aliphatic rings. The Hall–Kier alpha value is -1.04. The summed E-state index contributed by atoms with van der Waals surface area (Å²) in [5.41, 5.74) is 1.18. The monoisotopic (exact) mass is 392 g/mol. The molecule has 0 aliphatic carbocycles. The number of hydrogen-bond donors (Lipinski definition) is 0. The maximum atomic E-state index is 6.20. The summed E-state index contributed by atoms with van der Waals surface area (Å²) in [6.45, 7) is 0. The summed E-state index contributed by atoms with van der Waals surface area (Å²) < 4.78 is 1.52. The number of nitrogens with zero attached hydrogens (tertiary/aromatic N) is 4. The fourth-order valence-corrected chi connectivity index (χ4v) is 3.04. The quantitative estimate of drug-likeness (QED) is 0.532. The van der Waals surface area contributed by atoms with Crippen molar-refractivity contribution in [3.05, 3.63) is 56.2 Å². The summed E-state index contributed by atoms with van der Waals surface area (Å²) in [5, 5.41) is 1.39. The molecule has 0 saturated heterocycles. The second-order valence-corrected chi connectivity index (χ2v) is 6.11. The Morgan fingerprint density at radius 1 is 0.909 bits per heavy atom. The van der Waals surface area contributed by atoms with E-state index in [0.717, 1.165) is 0 Å². The van der Waals surface area contributed by atoms with Crippen LogP contribution in [0.4, 0.5) is 0 Å². The van der Waals surface area contributed by atoms with Crippen molar-refractivity contribution in [2.75, 3.05) is 0 Å².